The highest BCUT2D eigenvalue weighted by Gasteiger charge is 2.49. The van der Waals surface area contributed by atoms with Crippen molar-refractivity contribution in [2.24, 2.45) is 0 Å². The first kappa shape index (κ1) is 28.6. The molecule has 1 amide bonds. The number of anilines is 1. The number of benzene rings is 1. The summed E-state index contributed by atoms with van der Waals surface area (Å²) in [5.74, 6) is -2.00. The SMILES string of the molecule is [C-]#[N+]C[C@H]1CN(c2nc(OC[C@@H]3CCCN3C)nc3c(F)c(-c4cccc5c4CCC54CC4)ncc23)CCN1C(=O)C(=C)F. The molecule has 1 saturated carbocycles. The van der Waals surface area contributed by atoms with Gasteiger partial charge in [0.2, 0.25) is 6.54 Å². The predicted octanol–water partition coefficient (Wildman–Crippen LogP) is 4.70. The number of pyridine rings is 1. The smallest absolute Gasteiger partial charge is 0.319 e. The number of ether oxygens (including phenoxy) is 1. The zero-order valence-electron chi connectivity index (χ0n) is 24.9. The summed E-state index contributed by atoms with van der Waals surface area (Å²) in [7, 11) is 2.06. The number of likely N-dealkylation sites (tertiary alicyclic amines) is 1. The van der Waals surface area contributed by atoms with Crippen LogP contribution in [0.1, 0.15) is 43.2 Å². The van der Waals surface area contributed by atoms with Crippen LogP contribution in [0.4, 0.5) is 14.6 Å². The van der Waals surface area contributed by atoms with Gasteiger partial charge in [-0.25, -0.2) is 15.4 Å². The van der Waals surface area contributed by atoms with Crippen molar-refractivity contribution in [3.8, 4) is 17.3 Å². The zero-order valence-corrected chi connectivity index (χ0v) is 24.9. The summed E-state index contributed by atoms with van der Waals surface area (Å²) >= 11 is 0. The number of aromatic nitrogens is 3. The Bertz CT molecular complexity index is 1700. The standard InChI is InChI=1S/C33H35F2N7O2/c1-20(34)31(43)42-15-14-41(18-22(42)16-36-2)30-25-17-37-28(24-7-4-8-26-23(24)9-10-33(26)11-12-33)27(35)29(25)38-32(39-30)44-19-21-6-5-13-40(21)3/h4,7-8,17,21-22H,1,5-6,9-16,18-19H2,3H3/t21-,22-/m0/s1. The molecule has 44 heavy (non-hydrogen) atoms. The molecule has 1 aromatic carbocycles. The molecule has 3 aromatic rings. The largest absolute Gasteiger partial charge is 0.462 e. The van der Waals surface area contributed by atoms with Crippen molar-refractivity contribution in [3.05, 3.63) is 65.2 Å². The van der Waals surface area contributed by atoms with Gasteiger partial charge in [0.25, 0.3) is 5.91 Å². The molecule has 228 valence electrons. The molecule has 4 aliphatic rings. The highest BCUT2D eigenvalue weighted by molar-refractivity contribution is 5.93. The van der Waals surface area contributed by atoms with Crippen LogP contribution in [0.3, 0.4) is 0 Å². The second-order valence-corrected chi connectivity index (χ2v) is 12.6. The van der Waals surface area contributed by atoms with Crippen LogP contribution < -0.4 is 9.64 Å². The molecule has 0 N–H and O–H groups in total. The number of amides is 1. The molecule has 0 bridgehead atoms. The Kier molecular flexibility index (Phi) is 7.20. The van der Waals surface area contributed by atoms with Crippen molar-refractivity contribution in [1.82, 2.24) is 24.8 Å². The van der Waals surface area contributed by atoms with E-state index < -0.39 is 23.6 Å². The van der Waals surface area contributed by atoms with Gasteiger partial charge in [-0.1, -0.05) is 24.8 Å². The molecule has 2 atom stereocenters. The van der Waals surface area contributed by atoms with Crippen LogP contribution in [0.25, 0.3) is 27.0 Å². The van der Waals surface area contributed by atoms with Gasteiger partial charge in [0.1, 0.15) is 29.7 Å². The lowest BCUT2D eigenvalue weighted by atomic mass is 9.95. The van der Waals surface area contributed by atoms with Gasteiger partial charge in [-0.15, -0.1) is 0 Å². The van der Waals surface area contributed by atoms with E-state index in [1.54, 1.807) is 6.20 Å². The maximum Gasteiger partial charge on any atom is 0.319 e. The Labute approximate surface area is 255 Å². The lowest BCUT2D eigenvalue weighted by Crippen LogP contribution is -2.56. The maximum atomic E-state index is 16.6. The number of likely N-dealkylation sites (N-methyl/N-ethyl adjacent to an activating group) is 1. The molecule has 4 heterocycles. The molecule has 7 rings (SSSR count). The van der Waals surface area contributed by atoms with Crippen molar-refractivity contribution in [3.63, 3.8) is 0 Å². The number of carbonyl (C=O) groups is 1. The van der Waals surface area contributed by atoms with Gasteiger partial charge in [0, 0.05) is 37.4 Å². The summed E-state index contributed by atoms with van der Waals surface area (Å²) in [6, 6.07) is 5.79. The second-order valence-electron chi connectivity index (χ2n) is 12.6. The fourth-order valence-corrected chi connectivity index (χ4v) is 7.35. The van der Waals surface area contributed by atoms with Crippen molar-refractivity contribution in [2.45, 2.75) is 56.0 Å². The van der Waals surface area contributed by atoms with E-state index in [1.165, 1.54) is 28.9 Å². The van der Waals surface area contributed by atoms with Crippen molar-refractivity contribution >= 4 is 22.6 Å². The van der Waals surface area contributed by atoms with E-state index in [1.807, 2.05) is 17.0 Å². The molecule has 2 saturated heterocycles. The highest BCUT2D eigenvalue weighted by atomic mass is 19.1. The molecular formula is C33H35F2N7O2. The fourth-order valence-electron chi connectivity index (χ4n) is 7.35. The van der Waals surface area contributed by atoms with Gasteiger partial charge < -0.3 is 24.3 Å². The van der Waals surface area contributed by atoms with E-state index in [4.69, 9.17) is 16.3 Å². The monoisotopic (exact) mass is 599 g/mol. The lowest BCUT2D eigenvalue weighted by Gasteiger charge is -2.39. The van der Waals surface area contributed by atoms with E-state index in [2.05, 4.69) is 39.4 Å². The Morgan fingerprint density at radius 1 is 1.20 bits per heavy atom. The third-order valence-corrected chi connectivity index (χ3v) is 10.0. The summed E-state index contributed by atoms with van der Waals surface area (Å²) in [5.41, 5.74) is 3.92. The van der Waals surface area contributed by atoms with Crippen LogP contribution in [0, 0.1) is 12.4 Å². The number of piperazine rings is 1. The van der Waals surface area contributed by atoms with E-state index >= 15 is 4.39 Å². The third kappa shape index (κ3) is 4.85. The Morgan fingerprint density at radius 2 is 2.05 bits per heavy atom. The fraction of sp³-hybridized carbons (Fsp3) is 0.485. The first-order valence-corrected chi connectivity index (χ1v) is 15.4. The lowest BCUT2D eigenvalue weighted by molar-refractivity contribution is -0.131. The molecule has 0 radical (unpaired) electrons. The molecule has 9 nitrogen and oxygen atoms in total. The van der Waals surface area contributed by atoms with Crippen LogP contribution in [-0.4, -0.2) is 89.1 Å². The van der Waals surface area contributed by atoms with E-state index in [9.17, 15) is 9.18 Å². The molecule has 11 heteroatoms. The quantitative estimate of drug-likeness (QED) is 0.288. The minimum absolute atomic E-state index is 0.0206. The third-order valence-electron chi connectivity index (χ3n) is 10.0. The number of rotatable bonds is 7. The molecule has 0 unspecified atom stereocenters. The number of nitrogens with zero attached hydrogens (tertiary/aromatic N) is 7. The second kappa shape index (κ2) is 11.1. The summed E-state index contributed by atoms with van der Waals surface area (Å²) in [4.78, 5) is 35.4. The van der Waals surface area contributed by atoms with Crippen molar-refractivity contribution in [1.29, 1.82) is 0 Å². The van der Waals surface area contributed by atoms with Crippen molar-refractivity contribution < 1.29 is 18.3 Å². The molecule has 2 aliphatic carbocycles. The number of halogens is 2. The summed E-state index contributed by atoms with van der Waals surface area (Å²) in [5, 5.41) is 0.416. The van der Waals surface area contributed by atoms with Crippen LogP contribution in [0.15, 0.2) is 36.8 Å². The van der Waals surface area contributed by atoms with Gasteiger partial charge in [0.05, 0.1) is 5.39 Å². The Morgan fingerprint density at radius 3 is 2.77 bits per heavy atom. The number of fused-ring (bicyclic) bond motifs is 3. The number of hydrogen-bond donors (Lipinski definition) is 0. The molecular weight excluding hydrogens is 564 g/mol. The number of carbonyl (C=O) groups excluding carboxylic acids is 1. The van der Waals surface area contributed by atoms with E-state index in [0.717, 1.165) is 37.8 Å². The molecule has 2 aliphatic heterocycles. The summed E-state index contributed by atoms with van der Waals surface area (Å²) < 4.78 is 36.6. The van der Waals surface area contributed by atoms with Gasteiger partial charge >= 0.3 is 6.01 Å². The minimum atomic E-state index is -1.06. The van der Waals surface area contributed by atoms with E-state index in [-0.39, 0.29) is 48.3 Å². The molecule has 1 spiro atoms. The van der Waals surface area contributed by atoms with E-state index in [0.29, 0.717) is 24.4 Å². The molecule has 2 aromatic heterocycles. The predicted molar refractivity (Wildman–Crippen MR) is 163 cm³/mol. The number of hydrogen-bond acceptors (Lipinski definition) is 7. The Balaban J connectivity index is 1.29. The normalized spacial score (nSPS) is 22.3. The maximum absolute atomic E-state index is 16.6. The minimum Gasteiger partial charge on any atom is -0.462 e. The average molecular weight is 600 g/mol. The first-order valence-electron chi connectivity index (χ1n) is 15.4. The highest BCUT2D eigenvalue weighted by Crippen LogP contribution is 2.58. The molecule has 3 fully saturated rings. The van der Waals surface area contributed by atoms with Crippen LogP contribution in [-0.2, 0) is 16.6 Å². The van der Waals surface area contributed by atoms with Gasteiger partial charge in [0.15, 0.2) is 11.6 Å². The van der Waals surface area contributed by atoms with Gasteiger partial charge in [-0.2, -0.15) is 9.97 Å². The van der Waals surface area contributed by atoms with Crippen LogP contribution in [0.2, 0.25) is 0 Å². The van der Waals surface area contributed by atoms with Gasteiger partial charge in [-0.05, 0) is 68.7 Å². The van der Waals surface area contributed by atoms with Gasteiger partial charge in [-0.3, -0.25) is 9.78 Å². The van der Waals surface area contributed by atoms with Crippen LogP contribution in [0.5, 0.6) is 6.01 Å². The Hall–Kier alpha value is -4.17. The average Bonchev–Trinajstić information content (AvgIpc) is 3.56. The summed E-state index contributed by atoms with van der Waals surface area (Å²) in [6.45, 7) is 12.6. The zero-order chi connectivity index (χ0) is 30.6. The summed E-state index contributed by atoms with van der Waals surface area (Å²) in [6.07, 6.45) is 8.04. The van der Waals surface area contributed by atoms with Crippen LogP contribution >= 0.6 is 0 Å². The topological polar surface area (TPSA) is 79.1 Å². The first-order chi connectivity index (χ1) is 21.3. The van der Waals surface area contributed by atoms with Crippen molar-refractivity contribution in [2.75, 3.05) is 51.3 Å².